The maximum Gasteiger partial charge on any atom is 0.321 e. The molecule has 2 aromatic rings. The van der Waals surface area contributed by atoms with Gasteiger partial charge in [-0.2, -0.15) is 0 Å². The lowest BCUT2D eigenvalue weighted by atomic mass is 9.96. The summed E-state index contributed by atoms with van der Waals surface area (Å²) in [6.07, 6.45) is 2.88. The quantitative estimate of drug-likeness (QED) is 0.778. The Morgan fingerprint density at radius 1 is 1.07 bits per heavy atom. The van der Waals surface area contributed by atoms with E-state index < -0.39 is 12.1 Å². The van der Waals surface area contributed by atoms with E-state index in [4.69, 9.17) is 0 Å². The van der Waals surface area contributed by atoms with Crippen LogP contribution >= 0.6 is 0 Å². The van der Waals surface area contributed by atoms with Crippen molar-refractivity contribution in [2.24, 2.45) is 0 Å². The molecule has 27 heavy (non-hydrogen) atoms. The average molecular weight is 365 g/mol. The van der Waals surface area contributed by atoms with Gasteiger partial charge in [-0.05, 0) is 35.3 Å². The number of rotatable bonds is 4. The molecule has 3 N–H and O–H groups in total. The Labute approximate surface area is 158 Å². The first-order valence-corrected chi connectivity index (χ1v) is 8.88. The number of benzene rings is 2. The molecule has 1 unspecified atom stereocenters. The van der Waals surface area contributed by atoms with Crippen LogP contribution in [0.1, 0.15) is 23.6 Å². The van der Waals surface area contributed by atoms with Gasteiger partial charge in [0.2, 0.25) is 5.91 Å². The van der Waals surface area contributed by atoms with Crippen molar-refractivity contribution in [1.29, 1.82) is 0 Å². The molecule has 0 saturated heterocycles. The molecule has 6 heteroatoms. The third-order valence-electron chi connectivity index (χ3n) is 4.67. The molecule has 3 amide bonds. The van der Waals surface area contributed by atoms with E-state index in [1.807, 2.05) is 42.5 Å². The van der Waals surface area contributed by atoms with Crippen molar-refractivity contribution in [2.75, 3.05) is 20.1 Å². The summed E-state index contributed by atoms with van der Waals surface area (Å²) in [5.74, 6) is -0.103. The maximum atomic E-state index is 12.7. The Hall–Kier alpha value is -3.12. The monoisotopic (exact) mass is 365 g/mol. The summed E-state index contributed by atoms with van der Waals surface area (Å²) in [6.45, 7) is 1.28. The highest BCUT2D eigenvalue weighted by atomic mass is 16.3. The minimum absolute atomic E-state index is 0.242. The first-order valence-electron chi connectivity index (χ1n) is 8.88. The van der Waals surface area contributed by atoms with E-state index in [0.29, 0.717) is 13.1 Å². The van der Waals surface area contributed by atoms with Crippen LogP contribution in [0.4, 0.5) is 4.79 Å². The molecule has 140 valence electrons. The summed E-state index contributed by atoms with van der Waals surface area (Å²) in [4.78, 5) is 26.4. The molecule has 0 aromatic heterocycles. The number of amides is 3. The highest BCUT2D eigenvalue weighted by Crippen LogP contribution is 2.29. The smallest absolute Gasteiger partial charge is 0.321 e. The Balaban J connectivity index is 1.80. The minimum atomic E-state index is -0.541. The fourth-order valence-electron chi connectivity index (χ4n) is 3.26. The zero-order chi connectivity index (χ0) is 19.2. The van der Waals surface area contributed by atoms with Crippen LogP contribution < -0.4 is 10.6 Å². The number of aromatic hydroxyl groups is 1. The van der Waals surface area contributed by atoms with Crippen molar-refractivity contribution in [2.45, 2.75) is 12.5 Å². The molecule has 0 fully saturated rings. The molecular weight excluding hydrogens is 342 g/mol. The molecule has 1 atom stereocenters. The number of nitrogens with one attached hydrogen (secondary N) is 2. The van der Waals surface area contributed by atoms with Crippen molar-refractivity contribution in [3.05, 3.63) is 71.8 Å². The van der Waals surface area contributed by atoms with Gasteiger partial charge in [0, 0.05) is 20.1 Å². The van der Waals surface area contributed by atoms with E-state index >= 15 is 0 Å². The van der Waals surface area contributed by atoms with Crippen molar-refractivity contribution in [3.63, 3.8) is 0 Å². The van der Waals surface area contributed by atoms with E-state index in [1.54, 1.807) is 12.1 Å². The topological polar surface area (TPSA) is 81.7 Å². The first-order chi connectivity index (χ1) is 13.1. The number of imide groups is 1. The van der Waals surface area contributed by atoms with Crippen molar-refractivity contribution < 1.29 is 14.7 Å². The standard InChI is InChI=1S/C21H23N3O3/c1-22-21(27)23-20(26)19(17-5-3-2-4-6-17)24-13-11-16(12-14-24)15-7-9-18(25)10-8-15/h2-11,19,25H,12-14H2,1H3,(H2,22,23,26,27). The molecule has 0 bridgehead atoms. The van der Waals surface area contributed by atoms with Crippen LogP contribution in [-0.2, 0) is 4.79 Å². The third-order valence-corrected chi connectivity index (χ3v) is 4.67. The predicted molar refractivity (Wildman–Crippen MR) is 104 cm³/mol. The molecular formula is C21H23N3O3. The molecule has 0 spiro atoms. The number of carbonyl (C=O) groups excluding carboxylic acids is 2. The van der Waals surface area contributed by atoms with Crippen molar-refractivity contribution in [1.82, 2.24) is 15.5 Å². The maximum absolute atomic E-state index is 12.7. The second kappa shape index (κ2) is 8.51. The van der Waals surface area contributed by atoms with Crippen molar-refractivity contribution in [3.8, 4) is 5.75 Å². The number of nitrogens with zero attached hydrogens (tertiary/aromatic N) is 1. The van der Waals surface area contributed by atoms with Crippen LogP contribution in [0, 0.1) is 0 Å². The second-order valence-electron chi connectivity index (χ2n) is 6.40. The van der Waals surface area contributed by atoms with Gasteiger partial charge in [-0.25, -0.2) is 4.79 Å². The van der Waals surface area contributed by atoms with Gasteiger partial charge in [0.1, 0.15) is 11.8 Å². The van der Waals surface area contributed by atoms with E-state index in [1.165, 1.54) is 12.6 Å². The summed E-state index contributed by atoms with van der Waals surface area (Å²) < 4.78 is 0. The van der Waals surface area contributed by atoms with Crippen molar-refractivity contribution >= 4 is 17.5 Å². The van der Waals surface area contributed by atoms with Crippen LogP contribution in [0.5, 0.6) is 5.75 Å². The summed E-state index contributed by atoms with van der Waals surface area (Å²) in [5.41, 5.74) is 3.10. The van der Waals surface area contributed by atoms with Gasteiger partial charge in [0.25, 0.3) is 0 Å². The molecule has 0 radical (unpaired) electrons. The molecule has 3 rings (SSSR count). The van der Waals surface area contributed by atoms with E-state index in [-0.39, 0.29) is 11.7 Å². The molecule has 1 aliphatic heterocycles. The number of hydrogen-bond acceptors (Lipinski definition) is 4. The van der Waals surface area contributed by atoms with Gasteiger partial charge in [0.05, 0.1) is 0 Å². The summed E-state index contributed by atoms with van der Waals surface area (Å²) in [6, 6.07) is 15.5. The van der Waals surface area contributed by atoms with Crippen LogP contribution in [0.25, 0.3) is 5.57 Å². The molecule has 0 saturated carbocycles. The van der Waals surface area contributed by atoms with Gasteiger partial charge in [-0.15, -0.1) is 0 Å². The van der Waals surface area contributed by atoms with Gasteiger partial charge >= 0.3 is 6.03 Å². The lowest BCUT2D eigenvalue weighted by Crippen LogP contribution is -2.46. The zero-order valence-corrected chi connectivity index (χ0v) is 15.2. The average Bonchev–Trinajstić information content (AvgIpc) is 2.70. The number of phenolic OH excluding ortho intramolecular Hbond substituents is 1. The first kappa shape index (κ1) is 18.7. The molecule has 0 aliphatic carbocycles. The predicted octanol–water partition coefficient (Wildman–Crippen LogP) is 2.68. The van der Waals surface area contributed by atoms with E-state index in [2.05, 4.69) is 21.6 Å². The third kappa shape index (κ3) is 4.54. The minimum Gasteiger partial charge on any atom is -0.508 e. The summed E-state index contributed by atoms with van der Waals surface area (Å²) in [5, 5.41) is 14.3. The van der Waals surface area contributed by atoms with E-state index in [9.17, 15) is 14.7 Å². The molecule has 1 heterocycles. The molecule has 6 nitrogen and oxygen atoms in total. The summed E-state index contributed by atoms with van der Waals surface area (Å²) >= 11 is 0. The number of hydrogen-bond donors (Lipinski definition) is 3. The highest BCUT2D eigenvalue weighted by molar-refractivity contribution is 5.97. The number of phenols is 1. The van der Waals surface area contributed by atoms with Gasteiger partial charge in [-0.1, -0.05) is 48.5 Å². The number of carbonyl (C=O) groups is 2. The van der Waals surface area contributed by atoms with Gasteiger partial charge in [-0.3, -0.25) is 15.0 Å². The van der Waals surface area contributed by atoms with Crippen LogP contribution in [0.15, 0.2) is 60.7 Å². The zero-order valence-electron chi connectivity index (χ0n) is 15.2. The van der Waals surface area contributed by atoms with Gasteiger partial charge < -0.3 is 10.4 Å². The van der Waals surface area contributed by atoms with Crippen LogP contribution in [0.3, 0.4) is 0 Å². The Bertz CT molecular complexity index is 832. The van der Waals surface area contributed by atoms with Crippen LogP contribution in [0.2, 0.25) is 0 Å². The van der Waals surface area contributed by atoms with Crippen LogP contribution in [-0.4, -0.2) is 42.1 Å². The Morgan fingerprint density at radius 2 is 1.78 bits per heavy atom. The number of urea groups is 1. The fourth-order valence-corrected chi connectivity index (χ4v) is 3.26. The SMILES string of the molecule is CNC(=O)NC(=O)C(c1ccccc1)N1CC=C(c2ccc(O)cc2)CC1. The fraction of sp³-hybridized carbons (Fsp3) is 0.238. The lowest BCUT2D eigenvalue weighted by molar-refractivity contribution is -0.125. The Kier molecular flexibility index (Phi) is 5.88. The van der Waals surface area contributed by atoms with E-state index in [0.717, 1.165) is 17.5 Å². The largest absolute Gasteiger partial charge is 0.508 e. The molecule has 2 aromatic carbocycles. The second-order valence-corrected chi connectivity index (χ2v) is 6.40. The van der Waals surface area contributed by atoms with Gasteiger partial charge in [0.15, 0.2) is 0 Å². The lowest BCUT2D eigenvalue weighted by Gasteiger charge is -2.33. The highest BCUT2D eigenvalue weighted by Gasteiger charge is 2.29. The normalized spacial score (nSPS) is 15.5. The Morgan fingerprint density at radius 3 is 2.37 bits per heavy atom. The molecule has 1 aliphatic rings. The summed E-state index contributed by atoms with van der Waals surface area (Å²) in [7, 11) is 1.48.